The first kappa shape index (κ1) is 20.3. The Labute approximate surface area is 179 Å². The lowest BCUT2D eigenvalue weighted by atomic mass is 10.1. The zero-order valence-electron chi connectivity index (χ0n) is 13.9. The van der Waals surface area contributed by atoms with Gasteiger partial charge in [0, 0.05) is 23.5 Å². The van der Waals surface area contributed by atoms with Crippen molar-refractivity contribution in [1.29, 1.82) is 0 Å². The molecular formula is C14H14Br2N6O3S2. The molecule has 1 unspecified atom stereocenters. The maximum atomic E-state index is 12.6. The Morgan fingerprint density at radius 1 is 1.59 bits per heavy atom. The number of nitrogens with zero attached hydrogens (tertiary/aromatic N) is 4. The number of halogens is 2. The Balaban J connectivity index is 1.72. The van der Waals surface area contributed by atoms with Crippen molar-refractivity contribution in [3.05, 3.63) is 27.1 Å². The fourth-order valence-corrected chi connectivity index (χ4v) is 4.65. The molecule has 0 aromatic carbocycles. The zero-order valence-corrected chi connectivity index (χ0v) is 18.7. The van der Waals surface area contributed by atoms with Crippen molar-refractivity contribution in [3.8, 4) is 0 Å². The highest BCUT2D eigenvalue weighted by molar-refractivity contribution is 9.28. The Kier molecular flexibility index (Phi) is 6.55. The summed E-state index contributed by atoms with van der Waals surface area (Å²) < 4.78 is 4.78. The van der Waals surface area contributed by atoms with E-state index in [4.69, 9.17) is 10.6 Å². The monoisotopic (exact) mass is 536 g/mol. The van der Waals surface area contributed by atoms with Gasteiger partial charge in [0.1, 0.15) is 18.0 Å². The number of hydrogen-bond donors (Lipinski definition) is 2. The quantitative estimate of drug-likeness (QED) is 0.322. The molecule has 0 spiro atoms. The number of thioether (sulfide) groups is 1. The van der Waals surface area contributed by atoms with Gasteiger partial charge >= 0.3 is 0 Å². The summed E-state index contributed by atoms with van der Waals surface area (Å²) in [5.74, 6) is 0.000213. The van der Waals surface area contributed by atoms with Crippen LogP contribution in [0.3, 0.4) is 0 Å². The molecule has 144 valence electrons. The van der Waals surface area contributed by atoms with Crippen molar-refractivity contribution in [1.82, 2.24) is 19.6 Å². The third-order valence-corrected chi connectivity index (χ3v) is 5.88. The number of oxime groups is 1. The molecule has 27 heavy (non-hydrogen) atoms. The molecule has 1 fully saturated rings. The van der Waals surface area contributed by atoms with Gasteiger partial charge in [-0.25, -0.2) is 0 Å². The van der Waals surface area contributed by atoms with E-state index in [9.17, 15) is 9.59 Å². The van der Waals surface area contributed by atoms with E-state index in [-0.39, 0.29) is 34.6 Å². The Morgan fingerprint density at radius 2 is 2.37 bits per heavy atom. The van der Waals surface area contributed by atoms with E-state index in [2.05, 4.69) is 51.7 Å². The number of carbonyl (C=O) groups excluding carboxylic acids is 2. The third-order valence-electron chi connectivity index (χ3n) is 3.54. The Bertz CT molecular complexity index is 852. The highest BCUT2D eigenvalue weighted by atomic mass is 79.9. The van der Waals surface area contributed by atoms with Gasteiger partial charge < -0.3 is 20.8 Å². The second-order valence-electron chi connectivity index (χ2n) is 5.35. The van der Waals surface area contributed by atoms with Gasteiger partial charge in [-0.05, 0) is 50.4 Å². The Morgan fingerprint density at radius 3 is 3.00 bits per heavy atom. The van der Waals surface area contributed by atoms with E-state index in [1.165, 1.54) is 0 Å². The molecule has 1 saturated heterocycles. The third kappa shape index (κ3) is 4.52. The summed E-state index contributed by atoms with van der Waals surface area (Å²) in [6.45, 7) is 2.01. The van der Waals surface area contributed by atoms with Gasteiger partial charge in [0.15, 0.2) is 5.13 Å². The number of aromatic nitrogens is 2. The van der Waals surface area contributed by atoms with Gasteiger partial charge in [0.25, 0.3) is 11.8 Å². The SMILES string of the molecule is CCON=C(C(=O)NC1C(=O)N2C=C(C=C(Br)Br)CS[C@@H]12)c1nsc(N)n1. The lowest BCUT2D eigenvalue weighted by Gasteiger charge is -2.47. The second-order valence-corrected chi connectivity index (χ2v) is 10.0. The molecule has 3 heterocycles. The minimum atomic E-state index is -0.653. The summed E-state index contributed by atoms with van der Waals surface area (Å²) in [6.07, 6.45) is 3.67. The largest absolute Gasteiger partial charge is 0.395 e. The normalized spacial score (nSPS) is 21.7. The van der Waals surface area contributed by atoms with Crippen molar-refractivity contribution >= 4 is 77.8 Å². The minimum absolute atomic E-state index is 0.0675. The molecule has 2 atom stereocenters. The molecule has 13 heteroatoms. The van der Waals surface area contributed by atoms with Crippen molar-refractivity contribution in [3.63, 3.8) is 0 Å². The number of nitrogens with one attached hydrogen (secondary N) is 1. The molecule has 2 amide bonds. The van der Waals surface area contributed by atoms with Crippen LogP contribution in [0.5, 0.6) is 0 Å². The number of nitrogen functional groups attached to an aromatic ring is 1. The van der Waals surface area contributed by atoms with Crippen molar-refractivity contribution in [2.24, 2.45) is 5.16 Å². The van der Waals surface area contributed by atoms with Crippen LogP contribution in [0.2, 0.25) is 0 Å². The van der Waals surface area contributed by atoms with Gasteiger partial charge in [0.2, 0.25) is 11.5 Å². The number of fused-ring (bicyclic) bond motifs is 1. The molecule has 2 aliphatic rings. The molecule has 1 aromatic heterocycles. The summed E-state index contributed by atoms with van der Waals surface area (Å²) in [6, 6.07) is -0.653. The number of hydrogen-bond acceptors (Lipinski definition) is 9. The van der Waals surface area contributed by atoms with Crippen LogP contribution in [0, 0.1) is 0 Å². The summed E-state index contributed by atoms with van der Waals surface area (Å²) in [5, 5.41) is 6.51. The fourth-order valence-electron chi connectivity index (χ4n) is 2.40. The number of anilines is 1. The maximum Gasteiger partial charge on any atom is 0.278 e. The van der Waals surface area contributed by atoms with Crippen LogP contribution in [-0.4, -0.2) is 55.6 Å². The van der Waals surface area contributed by atoms with Crippen LogP contribution in [0.1, 0.15) is 12.7 Å². The van der Waals surface area contributed by atoms with Gasteiger partial charge in [-0.3, -0.25) is 9.59 Å². The van der Waals surface area contributed by atoms with Crippen molar-refractivity contribution in [2.45, 2.75) is 18.3 Å². The van der Waals surface area contributed by atoms with Crippen LogP contribution in [0.15, 0.2) is 26.4 Å². The van der Waals surface area contributed by atoms with E-state index in [0.29, 0.717) is 5.75 Å². The predicted molar refractivity (Wildman–Crippen MR) is 112 cm³/mol. The molecule has 3 N–H and O–H groups in total. The highest BCUT2D eigenvalue weighted by Crippen LogP contribution is 2.37. The van der Waals surface area contributed by atoms with Crippen LogP contribution in [0.25, 0.3) is 0 Å². The van der Waals surface area contributed by atoms with Gasteiger partial charge in [-0.15, -0.1) is 11.8 Å². The summed E-state index contributed by atoms with van der Waals surface area (Å²) in [7, 11) is 0. The molecule has 0 aliphatic carbocycles. The first-order chi connectivity index (χ1) is 12.9. The van der Waals surface area contributed by atoms with E-state index in [1.807, 2.05) is 6.08 Å². The van der Waals surface area contributed by atoms with Crippen LogP contribution < -0.4 is 11.1 Å². The lowest BCUT2D eigenvalue weighted by molar-refractivity contribution is -0.143. The molecule has 9 nitrogen and oxygen atoms in total. The number of β-lactam (4-membered cyclic amide) rings is 1. The van der Waals surface area contributed by atoms with Crippen LogP contribution in [0.4, 0.5) is 5.13 Å². The maximum absolute atomic E-state index is 12.6. The van der Waals surface area contributed by atoms with E-state index in [0.717, 1.165) is 20.5 Å². The molecule has 0 saturated carbocycles. The van der Waals surface area contributed by atoms with Crippen LogP contribution in [-0.2, 0) is 14.4 Å². The first-order valence-electron chi connectivity index (χ1n) is 7.68. The number of amides is 2. The van der Waals surface area contributed by atoms with Crippen LogP contribution >= 0.6 is 55.2 Å². The van der Waals surface area contributed by atoms with Crippen molar-refractivity contribution in [2.75, 3.05) is 18.1 Å². The van der Waals surface area contributed by atoms with E-state index < -0.39 is 11.9 Å². The smallest absolute Gasteiger partial charge is 0.278 e. The van der Waals surface area contributed by atoms with Gasteiger partial charge in [-0.1, -0.05) is 5.16 Å². The average Bonchev–Trinajstić information content (AvgIpc) is 3.05. The van der Waals surface area contributed by atoms with Crippen molar-refractivity contribution < 1.29 is 14.4 Å². The van der Waals surface area contributed by atoms with E-state index in [1.54, 1.807) is 29.8 Å². The highest BCUT2D eigenvalue weighted by Gasteiger charge is 2.49. The predicted octanol–water partition coefficient (Wildman–Crippen LogP) is 1.78. The van der Waals surface area contributed by atoms with E-state index >= 15 is 0 Å². The molecule has 2 aliphatic heterocycles. The Hall–Kier alpha value is -1.44. The summed E-state index contributed by atoms with van der Waals surface area (Å²) in [4.78, 5) is 35.6. The van der Waals surface area contributed by atoms with Gasteiger partial charge in [0.05, 0.1) is 3.39 Å². The molecule has 3 rings (SSSR count). The zero-order chi connectivity index (χ0) is 19.6. The molecule has 0 radical (unpaired) electrons. The topological polar surface area (TPSA) is 123 Å². The molecule has 1 aromatic rings. The number of allylic oxidation sites excluding steroid dienone is 1. The standard InChI is InChI=1S/C14H14Br2N6O3S2/c1-2-25-20-8(10-19-14(17)27-21-10)11(23)18-9-12(24)22-4-6(3-7(15)16)5-26-13(9)22/h3-4,9,13H,2,5H2,1H3,(H,18,23)(H2,17,19,21)/t9?,13-/m0/s1. The second kappa shape index (κ2) is 8.71. The molecule has 0 bridgehead atoms. The lowest BCUT2D eigenvalue weighted by Crippen LogP contribution is -2.69. The number of rotatable bonds is 6. The van der Waals surface area contributed by atoms with Gasteiger partial charge in [-0.2, -0.15) is 9.36 Å². The fraction of sp³-hybridized carbons (Fsp3) is 0.357. The first-order valence-corrected chi connectivity index (χ1v) is 11.1. The summed E-state index contributed by atoms with van der Waals surface area (Å²) in [5.41, 5.74) is 6.45. The summed E-state index contributed by atoms with van der Waals surface area (Å²) >= 11 is 9.12. The number of carbonyl (C=O) groups is 2. The minimum Gasteiger partial charge on any atom is -0.395 e. The molecular weight excluding hydrogens is 524 g/mol. The number of nitrogens with two attached hydrogens (primary N) is 1. The average molecular weight is 538 g/mol.